The molecule has 2 aliphatic rings. The van der Waals surface area contributed by atoms with E-state index < -0.39 is 0 Å². The van der Waals surface area contributed by atoms with Crippen molar-refractivity contribution in [2.45, 2.75) is 57.1 Å². The van der Waals surface area contributed by atoms with Crippen LogP contribution in [0, 0.1) is 0 Å². The topological polar surface area (TPSA) is 50.4 Å². The van der Waals surface area contributed by atoms with Gasteiger partial charge in [0.25, 0.3) is 0 Å². The highest BCUT2D eigenvalue weighted by Crippen LogP contribution is 2.40. The van der Waals surface area contributed by atoms with Crippen molar-refractivity contribution in [1.82, 2.24) is 0 Å². The highest BCUT2D eigenvalue weighted by Gasteiger charge is 2.39. The van der Waals surface area contributed by atoms with Crippen LogP contribution in [0.5, 0.6) is 0 Å². The van der Waals surface area contributed by atoms with E-state index in [-0.39, 0.29) is 11.5 Å². The maximum Gasteiger partial charge on any atom is 0.221 e. The van der Waals surface area contributed by atoms with E-state index in [1.165, 1.54) is 32.6 Å². The third-order valence-corrected chi connectivity index (χ3v) is 4.58. The van der Waals surface area contributed by atoms with Gasteiger partial charge >= 0.3 is 0 Å². The minimum atomic E-state index is -0.0386. The Balaban J connectivity index is 1.59. The van der Waals surface area contributed by atoms with Crippen LogP contribution in [0.2, 0.25) is 0 Å². The van der Waals surface area contributed by atoms with Crippen molar-refractivity contribution in [2.24, 2.45) is 0 Å². The first-order valence-electron chi connectivity index (χ1n) is 7.93. The summed E-state index contributed by atoms with van der Waals surface area (Å²) in [6, 6.07) is 8.43. The molecule has 1 heterocycles. The Bertz CT molecular complexity index is 492. The van der Waals surface area contributed by atoms with Crippen molar-refractivity contribution in [3.8, 4) is 0 Å². The number of anilines is 2. The molecular formula is C17H24N2O2. The zero-order valence-electron chi connectivity index (χ0n) is 12.7. The zero-order chi connectivity index (χ0) is 14.7. The van der Waals surface area contributed by atoms with Crippen LogP contribution in [-0.4, -0.2) is 24.2 Å². The Labute approximate surface area is 126 Å². The van der Waals surface area contributed by atoms with Gasteiger partial charge in [0.2, 0.25) is 5.91 Å². The van der Waals surface area contributed by atoms with Crippen LogP contribution in [0.4, 0.5) is 11.4 Å². The van der Waals surface area contributed by atoms with Crippen molar-refractivity contribution in [3.63, 3.8) is 0 Å². The molecule has 4 heteroatoms. The fraction of sp³-hybridized carbons (Fsp3) is 0.588. The van der Waals surface area contributed by atoms with Gasteiger partial charge in [0.15, 0.2) is 0 Å². The summed E-state index contributed by atoms with van der Waals surface area (Å²) in [4.78, 5) is 11.0. The zero-order valence-corrected chi connectivity index (χ0v) is 12.7. The third-order valence-electron chi connectivity index (χ3n) is 4.58. The molecule has 0 bridgehead atoms. The summed E-state index contributed by atoms with van der Waals surface area (Å²) >= 11 is 0. The fourth-order valence-corrected chi connectivity index (χ4v) is 3.61. The molecule has 1 spiro atoms. The van der Waals surface area contributed by atoms with E-state index in [0.717, 1.165) is 30.8 Å². The lowest BCUT2D eigenvalue weighted by Gasteiger charge is -2.39. The van der Waals surface area contributed by atoms with E-state index >= 15 is 0 Å². The van der Waals surface area contributed by atoms with Crippen LogP contribution in [0.15, 0.2) is 24.3 Å². The van der Waals surface area contributed by atoms with E-state index in [0.29, 0.717) is 6.04 Å². The van der Waals surface area contributed by atoms with E-state index in [4.69, 9.17) is 4.74 Å². The standard InChI is InChI=1S/C17H24N2O2/c1-13(20)18-14-4-6-15(7-5-14)19-16-8-11-21-17(12-16)9-2-3-10-17/h4-7,16,19H,2-3,8-12H2,1H3,(H,18,20). The Hall–Kier alpha value is -1.55. The van der Waals surface area contributed by atoms with Crippen LogP contribution in [0.3, 0.4) is 0 Å². The SMILES string of the molecule is CC(=O)Nc1ccc(NC2CCOC3(CCCC3)C2)cc1. The van der Waals surface area contributed by atoms with Crippen LogP contribution in [0.1, 0.15) is 45.4 Å². The highest BCUT2D eigenvalue weighted by molar-refractivity contribution is 5.88. The summed E-state index contributed by atoms with van der Waals surface area (Å²) in [7, 11) is 0. The van der Waals surface area contributed by atoms with Gasteiger partial charge in [-0.1, -0.05) is 12.8 Å². The first-order valence-corrected chi connectivity index (χ1v) is 7.93. The lowest BCUT2D eigenvalue weighted by atomic mass is 9.89. The van der Waals surface area contributed by atoms with Crippen molar-refractivity contribution in [3.05, 3.63) is 24.3 Å². The Morgan fingerprint density at radius 1 is 1.19 bits per heavy atom. The average molecular weight is 288 g/mol. The Morgan fingerprint density at radius 3 is 2.52 bits per heavy atom. The number of nitrogens with one attached hydrogen (secondary N) is 2. The van der Waals surface area contributed by atoms with E-state index in [9.17, 15) is 4.79 Å². The molecule has 1 saturated heterocycles. The molecule has 1 atom stereocenters. The van der Waals surface area contributed by atoms with Gasteiger partial charge in [0.05, 0.1) is 5.60 Å². The number of hydrogen-bond acceptors (Lipinski definition) is 3. The minimum Gasteiger partial charge on any atom is -0.382 e. The number of carbonyl (C=O) groups is 1. The number of rotatable bonds is 3. The minimum absolute atomic E-state index is 0.0386. The predicted molar refractivity (Wildman–Crippen MR) is 84.5 cm³/mol. The second-order valence-corrected chi connectivity index (χ2v) is 6.33. The van der Waals surface area contributed by atoms with Gasteiger partial charge in [-0.15, -0.1) is 0 Å². The second-order valence-electron chi connectivity index (χ2n) is 6.33. The lowest BCUT2D eigenvalue weighted by Crippen LogP contribution is -2.42. The molecule has 0 aromatic heterocycles. The number of amides is 1. The molecule has 2 fully saturated rings. The van der Waals surface area contributed by atoms with Crippen LogP contribution >= 0.6 is 0 Å². The first kappa shape index (κ1) is 14.4. The second kappa shape index (κ2) is 6.06. The molecule has 1 aromatic rings. The van der Waals surface area contributed by atoms with Crippen molar-refractivity contribution < 1.29 is 9.53 Å². The molecule has 1 aromatic carbocycles. The van der Waals surface area contributed by atoms with Gasteiger partial charge < -0.3 is 15.4 Å². The molecule has 114 valence electrons. The van der Waals surface area contributed by atoms with Gasteiger partial charge in [0.1, 0.15) is 0 Å². The number of carbonyl (C=O) groups excluding carboxylic acids is 1. The molecule has 1 amide bonds. The summed E-state index contributed by atoms with van der Waals surface area (Å²) < 4.78 is 6.07. The lowest BCUT2D eigenvalue weighted by molar-refractivity contribution is -0.114. The van der Waals surface area contributed by atoms with Crippen molar-refractivity contribution in [1.29, 1.82) is 0 Å². The summed E-state index contributed by atoms with van der Waals surface area (Å²) in [6.45, 7) is 2.39. The third kappa shape index (κ3) is 3.56. The first-order chi connectivity index (χ1) is 10.2. The molecule has 1 saturated carbocycles. The van der Waals surface area contributed by atoms with Gasteiger partial charge in [-0.3, -0.25) is 4.79 Å². The molecule has 4 nitrogen and oxygen atoms in total. The summed E-state index contributed by atoms with van der Waals surface area (Å²) in [5.41, 5.74) is 2.10. The van der Waals surface area contributed by atoms with Crippen molar-refractivity contribution in [2.75, 3.05) is 17.2 Å². The van der Waals surface area contributed by atoms with E-state index in [2.05, 4.69) is 10.6 Å². The van der Waals surface area contributed by atoms with E-state index in [1.54, 1.807) is 0 Å². The summed E-state index contributed by atoms with van der Waals surface area (Å²) in [5.74, 6) is -0.0386. The van der Waals surface area contributed by atoms with Crippen LogP contribution in [-0.2, 0) is 9.53 Å². The molecule has 0 radical (unpaired) electrons. The molecule has 1 aliphatic carbocycles. The van der Waals surface area contributed by atoms with Gasteiger partial charge in [-0.05, 0) is 49.9 Å². The fourth-order valence-electron chi connectivity index (χ4n) is 3.61. The maximum absolute atomic E-state index is 11.0. The molecule has 2 N–H and O–H groups in total. The normalized spacial score (nSPS) is 24.0. The quantitative estimate of drug-likeness (QED) is 0.894. The van der Waals surface area contributed by atoms with Crippen LogP contribution < -0.4 is 10.6 Å². The number of hydrogen-bond donors (Lipinski definition) is 2. The molecule has 1 aliphatic heterocycles. The van der Waals surface area contributed by atoms with Gasteiger partial charge in [0, 0.05) is 30.9 Å². The van der Waals surface area contributed by atoms with Crippen LogP contribution in [0.25, 0.3) is 0 Å². The maximum atomic E-state index is 11.0. The summed E-state index contributed by atoms with van der Waals surface area (Å²) in [5, 5.41) is 6.41. The molecular weight excluding hydrogens is 264 g/mol. The van der Waals surface area contributed by atoms with Gasteiger partial charge in [-0.25, -0.2) is 0 Å². The highest BCUT2D eigenvalue weighted by atomic mass is 16.5. The Morgan fingerprint density at radius 2 is 1.86 bits per heavy atom. The molecule has 3 rings (SSSR count). The Kier molecular flexibility index (Phi) is 4.15. The largest absolute Gasteiger partial charge is 0.382 e. The monoisotopic (exact) mass is 288 g/mol. The summed E-state index contributed by atoms with van der Waals surface area (Å²) in [6.07, 6.45) is 7.21. The average Bonchev–Trinajstić information content (AvgIpc) is 2.88. The smallest absolute Gasteiger partial charge is 0.221 e. The molecule has 21 heavy (non-hydrogen) atoms. The van der Waals surface area contributed by atoms with Gasteiger partial charge in [-0.2, -0.15) is 0 Å². The number of ether oxygens (including phenoxy) is 1. The predicted octanol–water partition coefficient (Wildman–Crippen LogP) is 3.55. The van der Waals surface area contributed by atoms with E-state index in [1.807, 2.05) is 24.3 Å². The number of benzene rings is 1. The van der Waals surface area contributed by atoms with Crippen molar-refractivity contribution >= 4 is 17.3 Å². The molecule has 1 unspecified atom stereocenters.